The average Bonchev–Trinajstić information content (AvgIpc) is 2.89. The number of hydrogen-bond acceptors (Lipinski definition) is 2. The maximum Gasteiger partial charge on any atom is 0.250 e. The van der Waals surface area contributed by atoms with E-state index >= 15 is 0 Å². The second-order valence-electron chi connectivity index (χ2n) is 4.68. The first-order valence-corrected chi connectivity index (χ1v) is 6.56. The Morgan fingerprint density at radius 1 is 1.25 bits per heavy atom. The summed E-state index contributed by atoms with van der Waals surface area (Å²) in [6.07, 6.45) is 2.76. The van der Waals surface area contributed by atoms with E-state index in [4.69, 9.17) is 5.73 Å². The number of nitrogens with zero attached hydrogens (tertiary/aromatic N) is 2. The normalized spacial score (nSPS) is 10.8. The van der Waals surface area contributed by atoms with Crippen LogP contribution in [0.5, 0.6) is 0 Å². The summed E-state index contributed by atoms with van der Waals surface area (Å²) in [7, 11) is 0. The molecule has 0 aliphatic carbocycles. The van der Waals surface area contributed by atoms with Crippen molar-refractivity contribution < 1.29 is 4.79 Å². The highest BCUT2D eigenvalue weighted by atomic mass is 16.1. The van der Waals surface area contributed by atoms with Crippen molar-refractivity contribution in [2.45, 2.75) is 13.3 Å². The molecule has 3 aromatic rings. The predicted molar refractivity (Wildman–Crippen MR) is 79.0 cm³/mol. The first kappa shape index (κ1) is 12.4. The molecular formula is C16H15N3O. The van der Waals surface area contributed by atoms with Gasteiger partial charge in [0.25, 0.3) is 5.91 Å². The SMILES string of the molecule is CCc1ccc2cnn(-c3ccccc3C(N)=O)c2c1. The lowest BCUT2D eigenvalue weighted by atomic mass is 10.1. The van der Waals surface area contributed by atoms with Gasteiger partial charge in [0.05, 0.1) is 23.0 Å². The lowest BCUT2D eigenvalue weighted by Crippen LogP contribution is -2.14. The topological polar surface area (TPSA) is 60.9 Å². The number of benzene rings is 2. The van der Waals surface area contributed by atoms with Crippen molar-refractivity contribution in [2.75, 3.05) is 0 Å². The Hall–Kier alpha value is -2.62. The summed E-state index contributed by atoms with van der Waals surface area (Å²) in [6, 6.07) is 13.5. The van der Waals surface area contributed by atoms with Crippen LogP contribution in [0.15, 0.2) is 48.7 Å². The van der Waals surface area contributed by atoms with Crippen LogP contribution >= 0.6 is 0 Å². The number of hydrogen-bond donors (Lipinski definition) is 1. The van der Waals surface area contributed by atoms with Crippen LogP contribution in [0.3, 0.4) is 0 Å². The van der Waals surface area contributed by atoms with E-state index in [0.717, 1.165) is 17.3 Å². The van der Waals surface area contributed by atoms with E-state index in [1.165, 1.54) is 5.56 Å². The second kappa shape index (κ2) is 4.81. The van der Waals surface area contributed by atoms with E-state index in [2.05, 4.69) is 24.2 Å². The fraction of sp³-hybridized carbons (Fsp3) is 0.125. The molecule has 0 bridgehead atoms. The van der Waals surface area contributed by atoms with Crippen molar-refractivity contribution >= 4 is 16.8 Å². The highest BCUT2D eigenvalue weighted by Crippen LogP contribution is 2.22. The molecule has 0 fully saturated rings. The number of carbonyl (C=O) groups excluding carboxylic acids is 1. The van der Waals surface area contributed by atoms with Gasteiger partial charge in [-0.25, -0.2) is 4.68 Å². The van der Waals surface area contributed by atoms with Crippen LogP contribution in [-0.2, 0) is 6.42 Å². The molecule has 0 spiro atoms. The molecule has 1 amide bonds. The maximum atomic E-state index is 11.6. The van der Waals surface area contributed by atoms with E-state index in [1.54, 1.807) is 23.0 Å². The first-order chi connectivity index (χ1) is 9.70. The fourth-order valence-corrected chi connectivity index (χ4v) is 2.34. The van der Waals surface area contributed by atoms with Crippen LogP contribution in [-0.4, -0.2) is 15.7 Å². The summed E-state index contributed by atoms with van der Waals surface area (Å²) in [6.45, 7) is 2.11. The molecule has 20 heavy (non-hydrogen) atoms. The molecule has 4 heteroatoms. The van der Waals surface area contributed by atoms with Gasteiger partial charge in [0, 0.05) is 5.39 Å². The van der Waals surface area contributed by atoms with Crippen molar-refractivity contribution in [3.63, 3.8) is 0 Å². The van der Waals surface area contributed by atoms with Crippen LogP contribution in [0.1, 0.15) is 22.8 Å². The quantitative estimate of drug-likeness (QED) is 0.791. The minimum Gasteiger partial charge on any atom is -0.366 e. The van der Waals surface area contributed by atoms with E-state index in [1.807, 2.05) is 18.2 Å². The number of aromatic nitrogens is 2. The molecule has 100 valence electrons. The van der Waals surface area contributed by atoms with E-state index in [9.17, 15) is 4.79 Å². The van der Waals surface area contributed by atoms with Crippen LogP contribution in [0.2, 0.25) is 0 Å². The zero-order valence-electron chi connectivity index (χ0n) is 11.2. The third-order valence-corrected chi connectivity index (χ3v) is 3.44. The number of fused-ring (bicyclic) bond motifs is 1. The molecule has 0 unspecified atom stereocenters. The Labute approximate surface area is 116 Å². The van der Waals surface area contributed by atoms with E-state index < -0.39 is 5.91 Å². The summed E-state index contributed by atoms with van der Waals surface area (Å²) in [5.41, 5.74) is 8.84. The smallest absolute Gasteiger partial charge is 0.250 e. The van der Waals surface area contributed by atoms with Gasteiger partial charge in [-0.2, -0.15) is 5.10 Å². The molecule has 0 aliphatic heterocycles. The molecule has 1 heterocycles. The fourth-order valence-electron chi connectivity index (χ4n) is 2.34. The van der Waals surface area contributed by atoms with Gasteiger partial charge in [-0.05, 0) is 30.2 Å². The lowest BCUT2D eigenvalue weighted by Gasteiger charge is -2.08. The monoisotopic (exact) mass is 265 g/mol. The molecule has 2 N–H and O–H groups in total. The molecule has 0 saturated carbocycles. The summed E-state index contributed by atoms with van der Waals surface area (Å²) >= 11 is 0. The van der Waals surface area contributed by atoms with Gasteiger partial charge >= 0.3 is 0 Å². The van der Waals surface area contributed by atoms with Gasteiger partial charge in [0.15, 0.2) is 0 Å². The minimum absolute atomic E-state index is 0.448. The molecule has 1 aromatic heterocycles. The summed E-state index contributed by atoms with van der Waals surface area (Å²) in [5.74, 6) is -0.448. The van der Waals surface area contributed by atoms with Crippen molar-refractivity contribution in [1.82, 2.24) is 9.78 Å². The van der Waals surface area contributed by atoms with Gasteiger partial charge in [0.1, 0.15) is 0 Å². The Kier molecular flexibility index (Phi) is 2.99. The largest absolute Gasteiger partial charge is 0.366 e. The van der Waals surface area contributed by atoms with Gasteiger partial charge in [-0.1, -0.05) is 31.2 Å². The van der Waals surface area contributed by atoms with E-state index in [-0.39, 0.29) is 0 Å². The van der Waals surface area contributed by atoms with Gasteiger partial charge in [-0.3, -0.25) is 4.79 Å². The van der Waals surface area contributed by atoms with Gasteiger partial charge in [0.2, 0.25) is 0 Å². The van der Waals surface area contributed by atoms with Crippen molar-refractivity contribution in [3.8, 4) is 5.69 Å². The highest BCUT2D eigenvalue weighted by molar-refractivity contribution is 5.97. The Morgan fingerprint density at radius 2 is 2.05 bits per heavy atom. The van der Waals surface area contributed by atoms with Crippen LogP contribution < -0.4 is 5.73 Å². The molecule has 0 aliphatic rings. The molecule has 0 radical (unpaired) electrons. The Bertz CT molecular complexity index is 789. The van der Waals surface area contributed by atoms with Crippen molar-refractivity contribution in [2.24, 2.45) is 5.73 Å². The molecular weight excluding hydrogens is 250 g/mol. The number of primary amides is 1. The van der Waals surface area contributed by atoms with Crippen molar-refractivity contribution in [3.05, 3.63) is 59.8 Å². The van der Waals surface area contributed by atoms with E-state index in [0.29, 0.717) is 11.3 Å². The Morgan fingerprint density at radius 3 is 2.80 bits per heavy atom. The molecule has 3 rings (SSSR count). The van der Waals surface area contributed by atoms with Crippen LogP contribution in [0, 0.1) is 0 Å². The number of nitrogens with two attached hydrogens (primary N) is 1. The highest BCUT2D eigenvalue weighted by Gasteiger charge is 2.12. The minimum atomic E-state index is -0.448. The summed E-state index contributed by atoms with van der Waals surface area (Å²) in [5, 5.41) is 5.44. The average molecular weight is 265 g/mol. The Balaban J connectivity index is 2.27. The number of carbonyl (C=O) groups is 1. The first-order valence-electron chi connectivity index (χ1n) is 6.56. The zero-order chi connectivity index (χ0) is 14.1. The van der Waals surface area contributed by atoms with Gasteiger partial charge in [-0.15, -0.1) is 0 Å². The lowest BCUT2D eigenvalue weighted by molar-refractivity contribution is 0.1000. The number of rotatable bonds is 3. The molecule has 0 saturated heterocycles. The third kappa shape index (κ3) is 1.95. The maximum absolute atomic E-state index is 11.6. The number of amides is 1. The second-order valence-corrected chi connectivity index (χ2v) is 4.68. The molecule has 2 aromatic carbocycles. The summed E-state index contributed by atoms with van der Waals surface area (Å²) in [4.78, 5) is 11.6. The number of para-hydroxylation sites is 1. The standard InChI is InChI=1S/C16H15N3O/c1-2-11-7-8-12-10-18-19(15(12)9-11)14-6-4-3-5-13(14)16(17)20/h3-10H,2H2,1H3,(H2,17,20). The third-order valence-electron chi connectivity index (χ3n) is 3.44. The molecule has 4 nitrogen and oxygen atoms in total. The zero-order valence-corrected chi connectivity index (χ0v) is 11.2. The molecule has 0 atom stereocenters. The van der Waals surface area contributed by atoms with Gasteiger partial charge < -0.3 is 5.73 Å². The number of aryl methyl sites for hydroxylation is 1. The van der Waals surface area contributed by atoms with Crippen molar-refractivity contribution in [1.29, 1.82) is 0 Å². The predicted octanol–water partition coefficient (Wildman–Crippen LogP) is 2.69. The van der Waals surface area contributed by atoms with Crippen LogP contribution in [0.4, 0.5) is 0 Å². The van der Waals surface area contributed by atoms with Crippen LogP contribution in [0.25, 0.3) is 16.6 Å². The summed E-state index contributed by atoms with van der Waals surface area (Å²) < 4.78 is 1.77.